The van der Waals surface area contributed by atoms with E-state index >= 15 is 0 Å². The van der Waals surface area contributed by atoms with Crippen LogP contribution in [0.2, 0.25) is 0 Å². The van der Waals surface area contributed by atoms with Gasteiger partial charge in [0.1, 0.15) is 0 Å². The number of hydrogen-bond acceptors (Lipinski definition) is 1. The van der Waals surface area contributed by atoms with Crippen LogP contribution in [-0.2, 0) is 38.9 Å². The minimum absolute atomic E-state index is 0. The molecule has 1 amide bonds. The monoisotopic (exact) mass is 495 g/mol. The zero-order chi connectivity index (χ0) is 20.3. The van der Waals surface area contributed by atoms with E-state index < -0.39 is 0 Å². The average molecular weight is 495 g/mol. The van der Waals surface area contributed by atoms with Crippen LogP contribution in [0, 0.1) is 127 Å². The number of carbonyl (C=O) groups excluding carboxylic acids is 1. The minimum atomic E-state index is 0. The molecule has 1 heterocycles. The van der Waals surface area contributed by atoms with Gasteiger partial charge in [0.25, 0.3) is 0 Å². The van der Waals surface area contributed by atoms with Crippen LogP contribution in [0.25, 0.3) is 0 Å². The predicted octanol–water partition coefficient (Wildman–Crippen LogP) is 4.60. The standard InChI is InChI=1S/C17H19NO.2C5H5.2Fe/c1-2-17(19)18-15(13-7-3-4-8-13)11-12-16(18)14-9-5-6-10-14;2*1-2-4-5-3-1;;/h3-10,15-16H,2,11-12H2,1H3;2*1-5H;;/q;;;2*+2/t15-,16-;;;;/m1..../s1. The summed E-state index contributed by atoms with van der Waals surface area (Å²) in [5.41, 5.74) is 0. The van der Waals surface area contributed by atoms with Crippen LogP contribution in [0.15, 0.2) is 0 Å². The second-order valence-corrected chi connectivity index (χ2v) is 7.12. The van der Waals surface area contributed by atoms with Crippen molar-refractivity contribution in [1.29, 1.82) is 0 Å². The second kappa shape index (κ2) is 17.0. The van der Waals surface area contributed by atoms with Crippen molar-refractivity contribution >= 4 is 5.91 Å². The molecule has 1 saturated heterocycles. The van der Waals surface area contributed by atoms with E-state index in [1.807, 2.05) is 71.1 Å². The smallest absolute Gasteiger partial charge is 0.336 e. The van der Waals surface area contributed by atoms with Crippen LogP contribution in [0.1, 0.15) is 26.2 Å². The fourth-order valence-electron chi connectivity index (χ4n) is 3.86. The Bertz CT molecular complexity index is 403. The first-order valence-corrected chi connectivity index (χ1v) is 10.4. The van der Waals surface area contributed by atoms with E-state index in [1.54, 1.807) is 0 Å². The molecule has 4 heteroatoms. The molecule has 0 N–H and O–H groups in total. The van der Waals surface area contributed by atoms with E-state index in [1.165, 1.54) is 11.8 Å². The molecule has 0 unspecified atom stereocenters. The van der Waals surface area contributed by atoms with Gasteiger partial charge in [0.15, 0.2) is 0 Å². The molecule has 0 aromatic rings. The molecule has 20 radical (unpaired) electrons. The Labute approximate surface area is 214 Å². The quantitative estimate of drug-likeness (QED) is 0.525. The molecule has 0 spiro atoms. The van der Waals surface area contributed by atoms with Crippen LogP contribution in [0.5, 0.6) is 0 Å². The predicted molar refractivity (Wildman–Crippen MR) is 118 cm³/mol. The third kappa shape index (κ3) is 9.35. The Morgan fingerprint density at radius 3 is 1.19 bits per heavy atom. The van der Waals surface area contributed by atoms with E-state index in [9.17, 15) is 4.79 Å². The van der Waals surface area contributed by atoms with Gasteiger partial charge in [-0.3, -0.25) is 4.79 Å². The molecule has 2 nitrogen and oxygen atoms in total. The van der Waals surface area contributed by atoms with Crippen LogP contribution < -0.4 is 0 Å². The summed E-state index contributed by atoms with van der Waals surface area (Å²) in [6.45, 7) is 1.95. The number of rotatable bonds is 3. The van der Waals surface area contributed by atoms with Crippen molar-refractivity contribution < 1.29 is 38.9 Å². The SMILES string of the molecule is CCC(=O)N1[C@@H]([C]2[CH][CH][CH][CH]2)CC[C@@H]1[C]1[CH][CH][CH][CH]1.[CH]1[CH][CH][CH][CH]1.[CH]1[CH][CH][CH][CH]1.[Fe+2].[Fe+2]. The molecule has 4 saturated carbocycles. The maximum Gasteiger partial charge on any atom is 2.00 e. The van der Waals surface area contributed by atoms with Gasteiger partial charge < -0.3 is 4.90 Å². The van der Waals surface area contributed by atoms with Crippen LogP contribution in [-0.4, -0.2) is 22.9 Å². The van der Waals surface area contributed by atoms with Gasteiger partial charge in [-0.1, -0.05) is 6.92 Å². The van der Waals surface area contributed by atoms with Gasteiger partial charge in [-0.05, 0) is 128 Å². The maximum atomic E-state index is 12.4. The van der Waals surface area contributed by atoms with Crippen molar-refractivity contribution in [3.8, 4) is 0 Å². The molecule has 31 heavy (non-hydrogen) atoms. The minimum Gasteiger partial charge on any atom is -0.336 e. The molecule has 160 valence electrons. The molecule has 5 rings (SSSR count). The van der Waals surface area contributed by atoms with E-state index in [2.05, 4.69) is 56.3 Å². The van der Waals surface area contributed by atoms with Crippen molar-refractivity contribution in [2.24, 2.45) is 0 Å². The third-order valence-electron chi connectivity index (χ3n) is 5.23. The molecule has 5 fully saturated rings. The van der Waals surface area contributed by atoms with Gasteiger partial charge in [-0.25, -0.2) is 0 Å². The topological polar surface area (TPSA) is 20.3 Å². The van der Waals surface area contributed by atoms with Crippen molar-refractivity contribution in [3.05, 3.63) is 127 Å². The van der Waals surface area contributed by atoms with Crippen LogP contribution >= 0.6 is 0 Å². The van der Waals surface area contributed by atoms with Gasteiger partial charge >= 0.3 is 34.1 Å². The van der Waals surface area contributed by atoms with Gasteiger partial charge in [-0.2, -0.15) is 0 Å². The Balaban J connectivity index is 0.000000331. The fraction of sp³-hybridized carbons (Fsp3) is 0.222. The van der Waals surface area contributed by atoms with Gasteiger partial charge in [0.2, 0.25) is 5.91 Å². The Morgan fingerprint density at radius 1 is 0.645 bits per heavy atom. The molecule has 1 aliphatic heterocycles. The van der Waals surface area contributed by atoms with Gasteiger partial charge in [-0.15, -0.1) is 0 Å². The van der Waals surface area contributed by atoms with Crippen molar-refractivity contribution in [2.45, 2.75) is 38.3 Å². The molecule has 0 bridgehead atoms. The van der Waals surface area contributed by atoms with Gasteiger partial charge in [0.05, 0.1) is 0 Å². The van der Waals surface area contributed by atoms with Crippen LogP contribution in [0.4, 0.5) is 0 Å². The van der Waals surface area contributed by atoms with E-state index in [0.717, 1.165) is 12.8 Å². The molecular weight excluding hydrogens is 466 g/mol. The summed E-state index contributed by atoms with van der Waals surface area (Å²) in [6, 6.07) is 0.504. The fourth-order valence-corrected chi connectivity index (χ4v) is 3.86. The summed E-state index contributed by atoms with van der Waals surface area (Å²) in [5.74, 6) is 2.81. The first kappa shape index (κ1) is 29.5. The van der Waals surface area contributed by atoms with E-state index in [4.69, 9.17) is 0 Å². The first-order valence-electron chi connectivity index (χ1n) is 10.4. The van der Waals surface area contributed by atoms with E-state index in [0.29, 0.717) is 6.42 Å². The Hall–Kier alpha value is 0.509. The zero-order valence-electron chi connectivity index (χ0n) is 17.7. The van der Waals surface area contributed by atoms with E-state index in [-0.39, 0.29) is 52.1 Å². The molecule has 0 aromatic carbocycles. The van der Waals surface area contributed by atoms with Crippen LogP contribution in [0.3, 0.4) is 0 Å². The summed E-state index contributed by atoms with van der Waals surface area (Å²) in [5, 5.41) is 0. The maximum absolute atomic E-state index is 12.4. The number of likely N-dealkylation sites (tertiary alicyclic amines) is 1. The summed E-state index contributed by atoms with van der Waals surface area (Å²) in [4.78, 5) is 14.5. The summed E-state index contributed by atoms with van der Waals surface area (Å²) >= 11 is 0. The normalized spacial score (nSPS) is 28.2. The largest absolute Gasteiger partial charge is 2.00 e. The second-order valence-electron chi connectivity index (χ2n) is 7.12. The molecule has 0 aromatic heterocycles. The molecule has 5 aliphatic rings. The first-order chi connectivity index (χ1) is 14.3. The number of carbonyl (C=O) groups is 1. The summed E-state index contributed by atoms with van der Waals surface area (Å²) in [6.07, 6.45) is 39.5. The third-order valence-corrected chi connectivity index (χ3v) is 5.23. The van der Waals surface area contributed by atoms with Gasteiger partial charge in [0, 0.05) is 30.3 Å². The summed E-state index contributed by atoms with van der Waals surface area (Å²) in [7, 11) is 0. The molecule has 2 atom stereocenters. The number of hydrogen-bond donors (Lipinski definition) is 0. The average Bonchev–Trinajstić information content (AvgIpc) is 3.60. The zero-order valence-corrected chi connectivity index (χ0v) is 19.9. The van der Waals surface area contributed by atoms with Crippen molar-refractivity contribution in [2.75, 3.05) is 0 Å². The Morgan fingerprint density at radius 2 is 0.935 bits per heavy atom. The number of nitrogens with zero attached hydrogens (tertiary/aromatic N) is 1. The van der Waals surface area contributed by atoms with Crippen molar-refractivity contribution in [3.63, 3.8) is 0 Å². The number of amides is 1. The molecule has 4 aliphatic carbocycles. The Kier molecular flexibility index (Phi) is 16.2. The molecular formula is C27H29Fe2NO+4. The summed E-state index contributed by atoms with van der Waals surface area (Å²) < 4.78 is 0. The van der Waals surface area contributed by atoms with Crippen molar-refractivity contribution in [1.82, 2.24) is 4.90 Å².